The zero-order valence-electron chi connectivity index (χ0n) is 12.7. The second-order valence-corrected chi connectivity index (χ2v) is 6.21. The van der Waals surface area contributed by atoms with E-state index < -0.39 is 11.9 Å². The first-order chi connectivity index (χ1) is 10.5. The Morgan fingerprint density at radius 3 is 2.32 bits per heavy atom. The summed E-state index contributed by atoms with van der Waals surface area (Å²) in [4.78, 5) is 28.1. The molecule has 1 atom stereocenters. The van der Waals surface area contributed by atoms with E-state index in [0.29, 0.717) is 17.1 Å². The fourth-order valence-electron chi connectivity index (χ4n) is 2.64. The lowest BCUT2D eigenvalue weighted by Crippen LogP contribution is -2.47. The Kier molecular flexibility index (Phi) is 5.94. The van der Waals surface area contributed by atoms with E-state index in [4.69, 9.17) is 16.7 Å². The van der Waals surface area contributed by atoms with Crippen molar-refractivity contribution in [2.75, 3.05) is 39.8 Å². The number of carbonyl (C=O) groups excluding carboxylic acids is 1. The number of hydrogen-bond acceptors (Lipinski definition) is 4. The summed E-state index contributed by atoms with van der Waals surface area (Å²) in [7, 11) is 2.06. The smallest absolute Gasteiger partial charge is 0.304 e. The van der Waals surface area contributed by atoms with Gasteiger partial charge in [0.15, 0.2) is 5.78 Å². The molecule has 1 aromatic carbocycles. The number of piperazine rings is 1. The van der Waals surface area contributed by atoms with Crippen molar-refractivity contribution in [1.82, 2.24) is 9.80 Å². The summed E-state index contributed by atoms with van der Waals surface area (Å²) in [5.74, 6) is -1.60. The number of halogens is 1. The van der Waals surface area contributed by atoms with E-state index in [1.54, 1.807) is 24.3 Å². The van der Waals surface area contributed by atoms with Crippen molar-refractivity contribution in [3.63, 3.8) is 0 Å². The number of likely N-dealkylation sites (N-methyl/N-ethyl adjacent to an activating group) is 1. The first kappa shape index (κ1) is 16.9. The van der Waals surface area contributed by atoms with Gasteiger partial charge in [-0.2, -0.15) is 0 Å². The SMILES string of the molecule is CN1CCN(CC(CC(=O)O)C(=O)c2ccc(Cl)cc2)CC1. The van der Waals surface area contributed by atoms with Gasteiger partial charge in [0, 0.05) is 49.2 Å². The van der Waals surface area contributed by atoms with Gasteiger partial charge < -0.3 is 14.9 Å². The highest BCUT2D eigenvalue weighted by Crippen LogP contribution is 2.18. The van der Waals surface area contributed by atoms with Gasteiger partial charge in [-0.1, -0.05) is 11.6 Å². The molecule has 1 aliphatic heterocycles. The molecule has 0 bridgehead atoms. The summed E-state index contributed by atoms with van der Waals surface area (Å²) in [6, 6.07) is 6.62. The molecule has 1 unspecified atom stereocenters. The maximum Gasteiger partial charge on any atom is 0.304 e. The molecule has 0 spiro atoms. The number of carbonyl (C=O) groups is 2. The maximum absolute atomic E-state index is 12.6. The van der Waals surface area contributed by atoms with Crippen LogP contribution in [0.1, 0.15) is 16.8 Å². The second-order valence-electron chi connectivity index (χ2n) is 5.77. The molecular weight excluding hydrogens is 304 g/mol. The summed E-state index contributed by atoms with van der Waals surface area (Å²) in [6.45, 7) is 4.09. The number of nitrogens with zero attached hydrogens (tertiary/aromatic N) is 2. The summed E-state index contributed by atoms with van der Waals surface area (Å²) < 4.78 is 0. The molecule has 1 N–H and O–H groups in total. The van der Waals surface area contributed by atoms with Crippen molar-refractivity contribution in [2.45, 2.75) is 6.42 Å². The van der Waals surface area contributed by atoms with Crippen molar-refractivity contribution in [3.8, 4) is 0 Å². The van der Waals surface area contributed by atoms with Crippen molar-refractivity contribution in [1.29, 1.82) is 0 Å². The van der Waals surface area contributed by atoms with Crippen LogP contribution in [0.25, 0.3) is 0 Å². The topological polar surface area (TPSA) is 60.9 Å². The molecule has 1 aliphatic rings. The van der Waals surface area contributed by atoms with Crippen molar-refractivity contribution in [2.24, 2.45) is 5.92 Å². The van der Waals surface area contributed by atoms with Crippen LogP contribution in [0.3, 0.4) is 0 Å². The summed E-state index contributed by atoms with van der Waals surface area (Å²) in [6.07, 6.45) is -0.145. The molecule has 6 heteroatoms. The van der Waals surface area contributed by atoms with Crippen LogP contribution >= 0.6 is 11.6 Å². The van der Waals surface area contributed by atoms with Crippen LogP contribution in [-0.2, 0) is 4.79 Å². The number of rotatable bonds is 6. The summed E-state index contributed by atoms with van der Waals surface area (Å²) >= 11 is 5.83. The normalized spacial score (nSPS) is 18.1. The largest absolute Gasteiger partial charge is 0.481 e. The zero-order valence-corrected chi connectivity index (χ0v) is 13.4. The van der Waals surface area contributed by atoms with E-state index in [2.05, 4.69) is 16.8 Å². The first-order valence-corrected chi connectivity index (χ1v) is 7.76. The highest BCUT2D eigenvalue weighted by Gasteiger charge is 2.26. The Bertz CT molecular complexity index is 525. The molecule has 1 heterocycles. The molecule has 5 nitrogen and oxygen atoms in total. The number of aliphatic carboxylic acids is 1. The van der Waals surface area contributed by atoms with Gasteiger partial charge in [0.25, 0.3) is 0 Å². The van der Waals surface area contributed by atoms with Gasteiger partial charge >= 0.3 is 5.97 Å². The van der Waals surface area contributed by atoms with Gasteiger partial charge in [-0.15, -0.1) is 0 Å². The molecule has 1 aromatic rings. The van der Waals surface area contributed by atoms with Crippen molar-refractivity contribution < 1.29 is 14.7 Å². The van der Waals surface area contributed by atoms with E-state index in [-0.39, 0.29) is 12.2 Å². The Balaban J connectivity index is 2.06. The van der Waals surface area contributed by atoms with Gasteiger partial charge in [0.05, 0.1) is 6.42 Å². The van der Waals surface area contributed by atoms with Crippen LogP contribution in [0.4, 0.5) is 0 Å². The van der Waals surface area contributed by atoms with Gasteiger partial charge in [0.2, 0.25) is 0 Å². The Labute approximate surface area is 135 Å². The number of Topliss-reactive ketones (excluding diaryl/α,β-unsaturated/α-hetero) is 1. The maximum atomic E-state index is 12.6. The van der Waals surface area contributed by atoms with Crippen molar-refractivity contribution in [3.05, 3.63) is 34.9 Å². The average Bonchev–Trinajstić information content (AvgIpc) is 2.48. The first-order valence-electron chi connectivity index (χ1n) is 7.38. The molecule has 2 rings (SSSR count). The minimum Gasteiger partial charge on any atom is -0.481 e. The standard InChI is InChI=1S/C16H21ClN2O3/c1-18-6-8-19(9-7-18)11-13(10-15(20)21)16(22)12-2-4-14(17)5-3-12/h2-5,13H,6-11H2,1H3,(H,20,21). The number of carboxylic acid groups (broad SMARTS) is 1. The second kappa shape index (κ2) is 7.72. The average molecular weight is 325 g/mol. The third-order valence-corrected chi connectivity index (χ3v) is 4.25. The minimum absolute atomic E-state index is 0.127. The van der Waals surface area contributed by atoms with E-state index in [0.717, 1.165) is 26.2 Å². The summed E-state index contributed by atoms with van der Waals surface area (Å²) in [5.41, 5.74) is 0.518. The molecule has 0 aromatic heterocycles. The van der Waals surface area contributed by atoms with Crippen LogP contribution in [-0.4, -0.2) is 66.4 Å². The van der Waals surface area contributed by atoms with Crippen LogP contribution in [0.15, 0.2) is 24.3 Å². The van der Waals surface area contributed by atoms with Gasteiger partial charge in [-0.3, -0.25) is 9.59 Å². The highest BCUT2D eigenvalue weighted by atomic mass is 35.5. The summed E-state index contributed by atoms with van der Waals surface area (Å²) in [5, 5.41) is 9.66. The van der Waals surface area contributed by atoms with Crippen LogP contribution in [0, 0.1) is 5.92 Å². The van der Waals surface area contributed by atoms with Gasteiger partial charge in [0.1, 0.15) is 0 Å². The Hall–Kier alpha value is -1.43. The monoisotopic (exact) mass is 324 g/mol. The molecule has 1 saturated heterocycles. The third-order valence-electron chi connectivity index (χ3n) is 4.00. The van der Waals surface area contributed by atoms with Crippen LogP contribution in [0.2, 0.25) is 5.02 Å². The number of hydrogen-bond donors (Lipinski definition) is 1. The van der Waals surface area contributed by atoms with Crippen LogP contribution in [0.5, 0.6) is 0 Å². The van der Waals surface area contributed by atoms with Crippen molar-refractivity contribution >= 4 is 23.4 Å². The Morgan fingerprint density at radius 1 is 1.18 bits per heavy atom. The number of carboxylic acids is 1. The fourth-order valence-corrected chi connectivity index (χ4v) is 2.77. The third kappa shape index (κ3) is 4.80. The predicted octanol–water partition coefficient (Wildman–Crippen LogP) is 1.86. The molecule has 0 aliphatic carbocycles. The minimum atomic E-state index is -0.943. The van der Waals surface area contributed by atoms with Gasteiger partial charge in [-0.25, -0.2) is 0 Å². The molecule has 0 saturated carbocycles. The highest BCUT2D eigenvalue weighted by molar-refractivity contribution is 6.30. The lowest BCUT2D eigenvalue weighted by Gasteiger charge is -2.34. The molecule has 1 fully saturated rings. The predicted molar refractivity (Wildman–Crippen MR) is 85.5 cm³/mol. The lowest BCUT2D eigenvalue weighted by molar-refractivity contribution is -0.137. The lowest BCUT2D eigenvalue weighted by atomic mass is 9.93. The molecular formula is C16H21ClN2O3. The van der Waals surface area contributed by atoms with Crippen LogP contribution < -0.4 is 0 Å². The molecule has 22 heavy (non-hydrogen) atoms. The van der Waals surface area contributed by atoms with Gasteiger partial charge in [-0.05, 0) is 31.3 Å². The van der Waals surface area contributed by atoms with E-state index in [1.807, 2.05) is 0 Å². The Morgan fingerprint density at radius 2 is 1.77 bits per heavy atom. The quantitative estimate of drug-likeness (QED) is 0.809. The van der Waals surface area contributed by atoms with E-state index >= 15 is 0 Å². The van der Waals surface area contributed by atoms with E-state index in [1.165, 1.54) is 0 Å². The zero-order chi connectivity index (χ0) is 16.1. The van der Waals surface area contributed by atoms with E-state index in [9.17, 15) is 9.59 Å². The molecule has 0 amide bonds. The number of benzene rings is 1. The number of ketones is 1. The molecule has 120 valence electrons. The fraction of sp³-hybridized carbons (Fsp3) is 0.500. The molecule has 0 radical (unpaired) electrons.